The van der Waals surface area contributed by atoms with E-state index in [2.05, 4.69) is 33.6 Å². The summed E-state index contributed by atoms with van der Waals surface area (Å²) in [4.78, 5) is 31.5. The summed E-state index contributed by atoms with van der Waals surface area (Å²) in [7, 11) is 3.17. The maximum atomic E-state index is 13.0. The highest BCUT2D eigenvalue weighted by molar-refractivity contribution is 5.90. The van der Waals surface area contributed by atoms with Crippen LogP contribution in [0.2, 0.25) is 0 Å². The van der Waals surface area contributed by atoms with Gasteiger partial charge in [0.1, 0.15) is 0 Å². The number of methoxy groups -OCH3 is 1. The van der Waals surface area contributed by atoms with Gasteiger partial charge in [0.05, 0.1) is 7.11 Å². The third kappa shape index (κ3) is 4.11. The average molecular weight is 397 g/mol. The second kappa shape index (κ2) is 8.23. The van der Waals surface area contributed by atoms with Gasteiger partial charge in [0.25, 0.3) is 5.91 Å². The summed E-state index contributed by atoms with van der Waals surface area (Å²) in [6.45, 7) is 1.50. The summed E-state index contributed by atoms with van der Waals surface area (Å²) in [5.41, 5.74) is 2.61. The van der Waals surface area contributed by atoms with Crippen LogP contribution in [0.4, 0.5) is 0 Å². The molecule has 0 unspecified atom stereocenters. The molecule has 0 saturated heterocycles. The number of hydrogen-bond acceptors (Lipinski definition) is 5. The van der Waals surface area contributed by atoms with Crippen molar-refractivity contribution < 1.29 is 14.3 Å². The Kier molecular flexibility index (Phi) is 5.51. The van der Waals surface area contributed by atoms with E-state index < -0.39 is 0 Å². The van der Waals surface area contributed by atoms with Crippen LogP contribution in [0.15, 0.2) is 24.3 Å². The van der Waals surface area contributed by atoms with Crippen LogP contribution in [0.1, 0.15) is 47.4 Å². The predicted octanol–water partition coefficient (Wildman–Crippen LogP) is 1.70. The second-order valence-corrected chi connectivity index (χ2v) is 7.85. The number of aryl methyl sites for hydroxylation is 1. The summed E-state index contributed by atoms with van der Waals surface area (Å²) in [5, 5.41) is 7.07. The van der Waals surface area contributed by atoms with Crippen LogP contribution >= 0.6 is 0 Å². The Balaban J connectivity index is 1.29. The molecule has 0 spiro atoms. The first-order valence-corrected chi connectivity index (χ1v) is 10.2. The number of benzene rings is 1. The quantitative estimate of drug-likeness (QED) is 0.848. The normalized spacial score (nSPS) is 21.4. The predicted molar refractivity (Wildman–Crippen MR) is 106 cm³/mol. The molecule has 1 saturated carbocycles. The first-order chi connectivity index (χ1) is 14.0. The van der Waals surface area contributed by atoms with E-state index in [9.17, 15) is 9.59 Å². The van der Waals surface area contributed by atoms with E-state index in [4.69, 9.17) is 4.74 Å². The highest BCUT2D eigenvalue weighted by Crippen LogP contribution is 2.28. The van der Waals surface area contributed by atoms with Gasteiger partial charge < -0.3 is 15.0 Å². The van der Waals surface area contributed by atoms with Gasteiger partial charge in [0.15, 0.2) is 0 Å². The van der Waals surface area contributed by atoms with Crippen LogP contribution in [0.3, 0.4) is 0 Å². The molecule has 8 nitrogen and oxygen atoms in total. The van der Waals surface area contributed by atoms with Crippen molar-refractivity contribution in [1.29, 1.82) is 0 Å². The number of nitrogens with zero attached hydrogens (tertiary/aromatic N) is 4. The van der Waals surface area contributed by atoms with Gasteiger partial charge in [-0.25, -0.2) is 4.68 Å². The van der Waals surface area contributed by atoms with Crippen LogP contribution in [0.5, 0.6) is 6.01 Å². The lowest BCUT2D eigenvalue weighted by molar-refractivity contribution is -0.137. The monoisotopic (exact) mass is 397 g/mol. The minimum absolute atomic E-state index is 0.0430. The third-order valence-electron chi connectivity index (χ3n) is 5.96. The van der Waals surface area contributed by atoms with Crippen molar-refractivity contribution in [3.8, 4) is 6.01 Å². The number of ether oxygens (including phenoxy) is 1. The Labute approximate surface area is 170 Å². The maximum Gasteiger partial charge on any atom is 0.314 e. The lowest BCUT2D eigenvalue weighted by atomic mass is 9.84. The molecule has 2 aromatic rings. The van der Waals surface area contributed by atoms with Gasteiger partial charge >= 0.3 is 6.01 Å². The molecule has 2 heterocycles. The van der Waals surface area contributed by atoms with Crippen molar-refractivity contribution in [2.75, 3.05) is 13.7 Å². The number of hydrogen-bond donors (Lipinski definition) is 1. The molecule has 2 aliphatic rings. The van der Waals surface area contributed by atoms with E-state index in [1.807, 2.05) is 11.0 Å². The van der Waals surface area contributed by atoms with Gasteiger partial charge in [0, 0.05) is 32.1 Å². The fraction of sp³-hybridized carbons (Fsp3) is 0.524. The van der Waals surface area contributed by atoms with Crippen molar-refractivity contribution in [3.63, 3.8) is 0 Å². The van der Waals surface area contributed by atoms with E-state index in [-0.39, 0.29) is 29.6 Å². The topological polar surface area (TPSA) is 89.3 Å². The number of carbonyl (C=O) groups excluding carboxylic acids is 2. The zero-order chi connectivity index (χ0) is 20.4. The first kappa shape index (κ1) is 19.4. The van der Waals surface area contributed by atoms with Gasteiger partial charge in [-0.1, -0.05) is 24.3 Å². The molecule has 2 amide bonds. The molecular formula is C21H27N5O3. The Morgan fingerprint density at radius 3 is 2.55 bits per heavy atom. The molecule has 29 heavy (non-hydrogen) atoms. The summed E-state index contributed by atoms with van der Waals surface area (Å²) < 4.78 is 6.48. The standard InChI is InChI=1S/C21H27N5O3/c1-25-21(29-2)23-18(24-25)19(27)22-17-9-7-15(8-10-17)20(28)26-12-11-14-5-3-4-6-16(14)13-26/h3-6,15,17H,7-13H2,1-2H3,(H,22,27). The van der Waals surface area contributed by atoms with E-state index in [0.29, 0.717) is 12.6 Å². The Morgan fingerprint density at radius 1 is 1.14 bits per heavy atom. The molecule has 4 rings (SSSR count). The maximum absolute atomic E-state index is 13.0. The van der Waals surface area contributed by atoms with Gasteiger partial charge in [-0.3, -0.25) is 9.59 Å². The Morgan fingerprint density at radius 2 is 1.86 bits per heavy atom. The van der Waals surface area contributed by atoms with Gasteiger partial charge in [-0.05, 0) is 43.2 Å². The molecular weight excluding hydrogens is 370 g/mol. The molecule has 0 radical (unpaired) electrons. The van der Waals surface area contributed by atoms with Crippen molar-refractivity contribution >= 4 is 11.8 Å². The smallest absolute Gasteiger partial charge is 0.314 e. The number of rotatable bonds is 4. The SMILES string of the molecule is COc1nc(C(=O)NC2CCC(C(=O)N3CCc4ccccc4C3)CC2)nn1C. The average Bonchev–Trinajstić information content (AvgIpc) is 3.14. The summed E-state index contributed by atoms with van der Waals surface area (Å²) in [6, 6.07) is 8.70. The second-order valence-electron chi connectivity index (χ2n) is 7.85. The summed E-state index contributed by atoms with van der Waals surface area (Å²) in [5.74, 6) is 0.0998. The molecule has 1 aromatic carbocycles. The minimum Gasteiger partial charge on any atom is -0.467 e. The van der Waals surface area contributed by atoms with Crippen LogP contribution in [0, 0.1) is 5.92 Å². The highest BCUT2D eigenvalue weighted by Gasteiger charge is 2.32. The lowest BCUT2D eigenvalue weighted by Gasteiger charge is -2.34. The van der Waals surface area contributed by atoms with E-state index in [0.717, 1.165) is 38.6 Å². The number of fused-ring (bicyclic) bond motifs is 1. The fourth-order valence-corrected chi connectivity index (χ4v) is 4.32. The van der Waals surface area contributed by atoms with E-state index >= 15 is 0 Å². The number of nitrogens with one attached hydrogen (secondary N) is 1. The molecule has 1 aliphatic heterocycles. The van der Waals surface area contributed by atoms with Crippen LogP contribution in [-0.4, -0.2) is 51.2 Å². The number of aromatic nitrogens is 3. The minimum atomic E-state index is -0.300. The molecule has 1 aliphatic carbocycles. The van der Waals surface area contributed by atoms with Crippen LogP contribution in [-0.2, 0) is 24.8 Å². The van der Waals surface area contributed by atoms with Gasteiger partial charge in [-0.2, -0.15) is 4.98 Å². The number of amides is 2. The summed E-state index contributed by atoms with van der Waals surface area (Å²) >= 11 is 0. The first-order valence-electron chi connectivity index (χ1n) is 10.2. The molecule has 0 bridgehead atoms. The van der Waals surface area contributed by atoms with Crippen molar-refractivity contribution in [2.24, 2.45) is 13.0 Å². The molecule has 1 N–H and O–H groups in total. The Hall–Kier alpha value is -2.90. The van der Waals surface area contributed by atoms with Gasteiger partial charge in [0.2, 0.25) is 11.7 Å². The molecule has 1 aromatic heterocycles. The molecule has 154 valence electrons. The molecule has 0 atom stereocenters. The van der Waals surface area contributed by atoms with Crippen LogP contribution in [0.25, 0.3) is 0 Å². The molecule has 8 heteroatoms. The third-order valence-corrected chi connectivity index (χ3v) is 5.96. The van der Waals surface area contributed by atoms with Crippen molar-refractivity contribution in [3.05, 3.63) is 41.2 Å². The lowest BCUT2D eigenvalue weighted by Crippen LogP contribution is -2.44. The molecule has 1 fully saturated rings. The highest BCUT2D eigenvalue weighted by atomic mass is 16.5. The number of carbonyl (C=O) groups is 2. The van der Waals surface area contributed by atoms with E-state index in [1.165, 1.54) is 22.9 Å². The zero-order valence-electron chi connectivity index (χ0n) is 16.9. The van der Waals surface area contributed by atoms with Crippen LogP contribution < -0.4 is 10.1 Å². The van der Waals surface area contributed by atoms with E-state index in [1.54, 1.807) is 7.05 Å². The van der Waals surface area contributed by atoms with Crippen molar-refractivity contribution in [1.82, 2.24) is 25.0 Å². The summed E-state index contributed by atoms with van der Waals surface area (Å²) in [6.07, 6.45) is 4.09. The Bertz CT molecular complexity index is 901. The van der Waals surface area contributed by atoms with Crippen molar-refractivity contribution in [2.45, 2.75) is 44.7 Å². The fourth-order valence-electron chi connectivity index (χ4n) is 4.32. The largest absolute Gasteiger partial charge is 0.467 e. The van der Waals surface area contributed by atoms with Gasteiger partial charge in [-0.15, -0.1) is 5.10 Å². The zero-order valence-corrected chi connectivity index (χ0v) is 16.9.